The van der Waals surface area contributed by atoms with Crippen LogP contribution >= 0.6 is 0 Å². The SMILES string of the molecule is CCCCCCCCCCC(CC)OC(=O)CC(C)=O. The summed E-state index contributed by atoms with van der Waals surface area (Å²) >= 11 is 0. The van der Waals surface area contributed by atoms with E-state index in [9.17, 15) is 9.59 Å². The van der Waals surface area contributed by atoms with E-state index < -0.39 is 0 Å². The molecule has 0 aromatic rings. The summed E-state index contributed by atoms with van der Waals surface area (Å²) in [4.78, 5) is 22.2. The zero-order chi connectivity index (χ0) is 15.2. The molecule has 0 saturated heterocycles. The molecule has 0 rings (SSSR count). The first-order chi connectivity index (χ1) is 9.60. The molecule has 0 spiro atoms. The Labute approximate surface area is 124 Å². The lowest BCUT2D eigenvalue weighted by atomic mass is 10.0. The van der Waals surface area contributed by atoms with Crippen LogP contribution in [0, 0.1) is 0 Å². The summed E-state index contributed by atoms with van der Waals surface area (Å²) in [6.07, 6.45) is 11.9. The summed E-state index contributed by atoms with van der Waals surface area (Å²) in [6, 6.07) is 0. The molecular weight excluding hydrogens is 252 g/mol. The molecule has 0 aromatic carbocycles. The quantitative estimate of drug-likeness (QED) is 0.277. The number of carbonyl (C=O) groups excluding carboxylic acids is 2. The lowest BCUT2D eigenvalue weighted by Crippen LogP contribution is -2.19. The van der Waals surface area contributed by atoms with E-state index in [2.05, 4.69) is 6.92 Å². The van der Waals surface area contributed by atoms with Gasteiger partial charge in [-0.15, -0.1) is 0 Å². The van der Waals surface area contributed by atoms with E-state index in [1.165, 1.54) is 51.9 Å². The fourth-order valence-corrected chi connectivity index (χ4v) is 2.28. The Morgan fingerprint density at radius 2 is 1.45 bits per heavy atom. The monoisotopic (exact) mass is 284 g/mol. The second-order valence-corrected chi connectivity index (χ2v) is 5.66. The third kappa shape index (κ3) is 12.2. The number of rotatable bonds is 13. The van der Waals surface area contributed by atoms with Crippen LogP contribution < -0.4 is 0 Å². The molecule has 0 N–H and O–H groups in total. The van der Waals surface area contributed by atoms with Crippen LogP contribution in [0.4, 0.5) is 0 Å². The van der Waals surface area contributed by atoms with Crippen molar-refractivity contribution in [3.8, 4) is 0 Å². The van der Waals surface area contributed by atoms with Gasteiger partial charge in [0.2, 0.25) is 0 Å². The molecule has 0 aromatic heterocycles. The van der Waals surface area contributed by atoms with Crippen molar-refractivity contribution in [2.75, 3.05) is 0 Å². The number of ether oxygens (including phenoxy) is 1. The molecule has 20 heavy (non-hydrogen) atoms. The molecule has 0 bridgehead atoms. The first kappa shape index (κ1) is 19.1. The predicted octanol–water partition coefficient (Wildman–Crippen LogP) is 4.82. The highest BCUT2D eigenvalue weighted by atomic mass is 16.5. The zero-order valence-electron chi connectivity index (χ0n) is 13.6. The minimum atomic E-state index is -0.371. The average molecular weight is 284 g/mol. The smallest absolute Gasteiger partial charge is 0.313 e. The normalized spacial score (nSPS) is 12.2. The van der Waals surface area contributed by atoms with Crippen molar-refractivity contribution >= 4 is 11.8 Å². The zero-order valence-corrected chi connectivity index (χ0v) is 13.6. The largest absolute Gasteiger partial charge is 0.462 e. The maximum Gasteiger partial charge on any atom is 0.313 e. The van der Waals surface area contributed by atoms with Gasteiger partial charge in [-0.1, -0.05) is 58.8 Å². The number of carbonyl (C=O) groups is 2. The lowest BCUT2D eigenvalue weighted by Gasteiger charge is -2.15. The van der Waals surface area contributed by atoms with Gasteiger partial charge in [0.25, 0.3) is 0 Å². The molecule has 1 atom stereocenters. The van der Waals surface area contributed by atoms with E-state index in [1.807, 2.05) is 6.92 Å². The number of esters is 1. The summed E-state index contributed by atoms with van der Waals surface area (Å²) in [5, 5.41) is 0. The van der Waals surface area contributed by atoms with Crippen LogP contribution in [0.1, 0.15) is 91.4 Å². The van der Waals surface area contributed by atoms with Crippen molar-refractivity contribution in [1.29, 1.82) is 0 Å². The Bertz CT molecular complexity index is 261. The van der Waals surface area contributed by atoms with Crippen LogP contribution in [0.15, 0.2) is 0 Å². The van der Waals surface area contributed by atoms with Gasteiger partial charge in [0.05, 0.1) is 0 Å². The standard InChI is InChI=1S/C17H32O3/c1-4-6-7-8-9-10-11-12-13-16(5-2)20-17(19)14-15(3)18/h16H,4-14H2,1-3H3. The van der Waals surface area contributed by atoms with E-state index in [0.717, 1.165) is 19.3 Å². The molecule has 0 aliphatic rings. The highest BCUT2D eigenvalue weighted by molar-refractivity contribution is 5.94. The van der Waals surface area contributed by atoms with Gasteiger partial charge in [-0.25, -0.2) is 0 Å². The van der Waals surface area contributed by atoms with Gasteiger partial charge in [-0.2, -0.15) is 0 Å². The summed E-state index contributed by atoms with van der Waals surface area (Å²) in [7, 11) is 0. The summed E-state index contributed by atoms with van der Waals surface area (Å²) in [6.45, 7) is 5.68. The van der Waals surface area contributed by atoms with Gasteiger partial charge >= 0.3 is 5.97 Å². The van der Waals surface area contributed by atoms with Gasteiger partial charge in [-0.05, 0) is 26.2 Å². The van der Waals surface area contributed by atoms with Crippen molar-refractivity contribution in [2.24, 2.45) is 0 Å². The third-order valence-electron chi connectivity index (χ3n) is 3.53. The minimum absolute atomic E-state index is 0.0121. The van der Waals surface area contributed by atoms with Gasteiger partial charge in [0.1, 0.15) is 18.3 Å². The molecule has 0 heterocycles. The van der Waals surface area contributed by atoms with E-state index in [0.29, 0.717) is 0 Å². The van der Waals surface area contributed by atoms with Crippen LogP contribution in [-0.4, -0.2) is 17.9 Å². The molecule has 118 valence electrons. The Hall–Kier alpha value is -0.860. The molecule has 3 heteroatoms. The van der Waals surface area contributed by atoms with Crippen molar-refractivity contribution < 1.29 is 14.3 Å². The first-order valence-corrected chi connectivity index (χ1v) is 8.29. The molecule has 3 nitrogen and oxygen atoms in total. The maximum atomic E-state index is 11.4. The summed E-state index contributed by atoms with van der Waals surface area (Å²) < 4.78 is 5.31. The van der Waals surface area contributed by atoms with Gasteiger partial charge in [-0.3, -0.25) is 9.59 Å². The molecule has 0 fully saturated rings. The van der Waals surface area contributed by atoms with Crippen molar-refractivity contribution in [3.05, 3.63) is 0 Å². The van der Waals surface area contributed by atoms with E-state index in [4.69, 9.17) is 4.74 Å². The second-order valence-electron chi connectivity index (χ2n) is 5.66. The Morgan fingerprint density at radius 1 is 0.900 bits per heavy atom. The number of ketones is 1. The third-order valence-corrected chi connectivity index (χ3v) is 3.53. The van der Waals surface area contributed by atoms with Crippen LogP contribution in [-0.2, 0) is 14.3 Å². The minimum Gasteiger partial charge on any atom is -0.462 e. The second kappa shape index (κ2) is 13.1. The number of hydrogen-bond donors (Lipinski definition) is 0. The fourth-order valence-electron chi connectivity index (χ4n) is 2.28. The van der Waals surface area contributed by atoms with E-state index in [-0.39, 0.29) is 24.3 Å². The maximum absolute atomic E-state index is 11.4. The molecule has 0 aliphatic heterocycles. The summed E-state index contributed by atoms with van der Waals surface area (Å²) in [5.41, 5.74) is 0. The molecule has 1 unspecified atom stereocenters. The number of hydrogen-bond acceptors (Lipinski definition) is 3. The van der Waals surface area contributed by atoms with Crippen LogP contribution in [0.5, 0.6) is 0 Å². The van der Waals surface area contributed by atoms with Gasteiger partial charge in [0, 0.05) is 0 Å². The van der Waals surface area contributed by atoms with Crippen molar-refractivity contribution in [3.63, 3.8) is 0 Å². The van der Waals surface area contributed by atoms with E-state index in [1.54, 1.807) is 0 Å². The number of unbranched alkanes of at least 4 members (excludes halogenated alkanes) is 7. The highest BCUT2D eigenvalue weighted by Crippen LogP contribution is 2.14. The Kier molecular flexibility index (Phi) is 12.6. The topological polar surface area (TPSA) is 43.4 Å². The van der Waals surface area contributed by atoms with Crippen molar-refractivity contribution in [2.45, 2.75) is 97.5 Å². The van der Waals surface area contributed by atoms with E-state index >= 15 is 0 Å². The fraction of sp³-hybridized carbons (Fsp3) is 0.882. The molecule has 0 amide bonds. The highest BCUT2D eigenvalue weighted by Gasteiger charge is 2.13. The molecule has 0 aliphatic carbocycles. The number of Topliss-reactive ketones (excluding diaryl/α,β-unsaturated/α-hetero) is 1. The molecule has 0 radical (unpaired) electrons. The van der Waals surface area contributed by atoms with Crippen LogP contribution in [0.3, 0.4) is 0 Å². The summed E-state index contributed by atoms with van der Waals surface area (Å²) in [5.74, 6) is -0.499. The Balaban J connectivity index is 3.54. The first-order valence-electron chi connectivity index (χ1n) is 8.29. The predicted molar refractivity (Wildman–Crippen MR) is 82.7 cm³/mol. The average Bonchev–Trinajstić information content (AvgIpc) is 2.39. The van der Waals surface area contributed by atoms with Crippen LogP contribution in [0.2, 0.25) is 0 Å². The van der Waals surface area contributed by atoms with Crippen molar-refractivity contribution in [1.82, 2.24) is 0 Å². The Morgan fingerprint density at radius 3 is 1.95 bits per heavy atom. The van der Waals surface area contributed by atoms with Gasteiger partial charge < -0.3 is 4.74 Å². The molecule has 0 saturated carbocycles. The van der Waals surface area contributed by atoms with Gasteiger partial charge in [0.15, 0.2) is 0 Å². The van der Waals surface area contributed by atoms with Crippen LogP contribution in [0.25, 0.3) is 0 Å². The lowest BCUT2D eigenvalue weighted by molar-refractivity contribution is -0.151. The molecular formula is C17H32O3.